The molecular weight excluding hydrogens is 256 g/mol. The van der Waals surface area contributed by atoms with E-state index in [1.165, 1.54) is 0 Å². The molecule has 1 unspecified atom stereocenters. The molecule has 0 fully saturated rings. The molecule has 0 aliphatic rings. The number of hydrogen-bond donors (Lipinski definition) is 1. The normalized spacial score (nSPS) is 14.5. The van der Waals surface area contributed by atoms with Gasteiger partial charge in [-0.3, -0.25) is 4.79 Å². The van der Waals surface area contributed by atoms with Crippen molar-refractivity contribution < 1.29 is 4.79 Å². The van der Waals surface area contributed by atoms with Crippen LogP contribution in [0.25, 0.3) is 0 Å². The van der Waals surface area contributed by atoms with Crippen LogP contribution in [0.4, 0.5) is 0 Å². The third kappa shape index (κ3) is 4.98. The summed E-state index contributed by atoms with van der Waals surface area (Å²) in [6.07, 6.45) is 0. The van der Waals surface area contributed by atoms with E-state index in [1.807, 2.05) is 27.9 Å². The first kappa shape index (κ1) is 14.9. The summed E-state index contributed by atoms with van der Waals surface area (Å²) in [5, 5.41) is 2.96. The van der Waals surface area contributed by atoms with Gasteiger partial charge in [0.2, 0.25) is 5.91 Å². The first-order chi connectivity index (χ1) is 6.68. The first-order valence-corrected chi connectivity index (χ1v) is 6.19. The third-order valence-corrected chi connectivity index (χ3v) is 4.21. The highest BCUT2D eigenvalue weighted by atomic mass is 79.9. The van der Waals surface area contributed by atoms with Crippen molar-refractivity contribution in [1.29, 1.82) is 0 Å². The highest BCUT2D eigenvalue weighted by Crippen LogP contribution is 2.13. The maximum atomic E-state index is 11.7. The minimum Gasteiger partial charge on any atom is -0.353 e. The van der Waals surface area contributed by atoms with Crippen molar-refractivity contribution >= 4 is 21.8 Å². The third-order valence-electron chi connectivity index (χ3n) is 2.74. The molecule has 0 rings (SSSR count). The molecule has 1 amide bonds. The Labute approximate surface area is 102 Å². The highest BCUT2D eigenvalue weighted by molar-refractivity contribution is 9.10. The van der Waals surface area contributed by atoms with E-state index in [9.17, 15) is 4.79 Å². The zero-order valence-corrected chi connectivity index (χ0v) is 12.2. The lowest BCUT2D eigenvalue weighted by atomic mass is 10.0. The van der Waals surface area contributed by atoms with E-state index in [2.05, 4.69) is 40.0 Å². The van der Waals surface area contributed by atoms with Gasteiger partial charge in [-0.2, -0.15) is 0 Å². The summed E-state index contributed by atoms with van der Waals surface area (Å²) in [5.74, 6) is 0.382. The van der Waals surface area contributed by atoms with Crippen molar-refractivity contribution in [3.8, 4) is 0 Å². The fourth-order valence-corrected chi connectivity index (χ4v) is 1.02. The predicted octanol–water partition coefficient (Wildman–Crippen LogP) is 1.86. The molecule has 1 N–H and O–H groups in total. The van der Waals surface area contributed by atoms with Gasteiger partial charge < -0.3 is 10.2 Å². The molecule has 0 saturated heterocycles. The molecule has 4 heteroatoms. The number of rotatable bonds is 5. The van der Waals surface area contributed by atoms with Crippen LogP contribution in [0, 0.1) is 5.92 Å². The van der Waals surface area contributed by atoms with Gasteiger partial charge in [0.15, 0.2) is 0 Å². The zero-order chi connectivity index (χ0) is 12.2. The van der Waals surface area contributed by atoms with Gasteiger partial charge in [-0.1, -0.05) is 29.8 Å². The van der Waals surface area contributed by atoms with E-state index >= 15 is 0 Å². The standard InChI is InChI=1S/C11H23BrN2O/c1-8(2)9(12)10(15)13-7-11(3,4)14(5)6/h8-9H,7H2,1-6H3,(H,13,15). The van der Waals surface area contributed by atoms with Gasteiger partial charge in [0.1, 0.15) is 0 Å². The lowest BCUT2D eigenvalue weighted by molar-refractivity contribution is -0.121. The summed E-state index contributed by atoms with van der Waals surface area (Å²) >= 11 is 3.39. The average molecular weight is 279 g/mol. The fraction of sp³-hybridized carbons (Fsp3) is 0.909. The molecule has 0 saturated carbocycles. The van der Waals surface area contributed by atoms with E-state index in [1.54, 1.807) is 0 Å². The SMILES string of the molecule is CC(C)C(Br)C(=O)NCC(C)(C)N(C)C. The van der Waals surface area contributed by atoms with Gasteiger partial charge in [-0.05, 0) is 33.9 Å². The molecule has 0 aliphatic heterocycles. The predicted molar refractivity (Wildman–Crippen MR) is 68.3 cm³/mol. The Balaban J connectivity index is 4.12. The minimum absolute atomic E-state index is 0.0145. The zero-order valence-electron chi connectivity index (χ0n) is 10.6. The molecule has 0 radical (unpaired) electrons. The fourth-order valence-electron chi connectivity index (χ4n) is 0.862. The van der Waals surface area contributed by atoms with Crippen molar-refractivity contribution in [2.45, 2.75) is 38.1 Å². The second kappa shape index (κ2) is 5.85. The van der Waals surface area contributed by atoms with Crippen LogP contribution in [0.1, 0.15) is 27.7 Å². The number of hydrogen-bond acceptors (Lipinski definition) is 2. The van der Waals surface area contributed by atoms with E-state index < -0.39 is 0 Å². The van der Waals surface area contributed by atoms with Gasteiger partial charge in [0.05, 0.1) is 4.83 Å². The molecule has 0 heterocycles. The summed E-state index contributed by atoms with van der Waals surface area (Å²) in [5.41, 5.74) is -0.0145. The van der Waals surface area contributed by atoms with Crippen LogP contribution >= 0.6 is 15.9 Å². The number of carbonyl (C=O) groups is 1. The second-order valence-electron chi connectivity index (χ2n) is 5.07. The van der Waals surface area contributed by atoms with Crippen LogP contribution < -0.4 is 5.32 Å². The maximum absolute atomic E-state index is 11.7. The Morgan fingerprint density at radius 1 is 1.40 bits per heavy atom. The molecule has 0 aromatic carbocycles. The average Bonchev–Trinajstić information content (AvgIpc) is 2.12. The smallest absolute Gasteiger partial charge is 0.234 e. The molecule has 15 heavy (non-hydrogen) atoms. The molecule has 90 valence electrons. The van der Waals surface area contributed by atoms with Gasteiger partial charge >= 0.3 is 0 Å². The Hall–Kier alpha value is -0.0900. The van der Waals surface area contributed by atoms with Crippen LogP contribution in [0.2, 0.25) is 0 Å². The molecular formula is C11H23BrN2O. The van der Waals surface area contributed by atoms with Crippen LogP contribution in [0.15, 0.2) is 0 Å². The molecule has 0 spiro atoms. The second-order valence-corrected chi connectivity index (χ2v) is 6.06. The lowest BCUT2D eigenvalue weighted by Gasteiger charge is -2.33. The van der Waals surface area contributed by atoms with Crippen LogP contribution in [-0.2, 0) is 4.79 Å². The van der Waals surface area contributed by atoms with Crippen molar-refractivity contribution in [3.05, 3.63) is 0 Å². The Morgan fingerprint density at radius 3 is 2.20 bits per heavy atom. The van der Waals surface area contributed by atoms with Crippen molar-refractivity contribution in [1.82, 2.24) is 10.2 Å². The Morgan fingerprint density at radius 2 is 1.87 bits per heavy atom. The van der Waals surface area contributed by atoms with Gasteiger partial charge in [-0.15, -0.1) is 0 Å². The summed E-state index contributed by atoms with van der Waals surface area (Å²) in [6, 6.07) is 0. The Kier molecular flexibility index (Phi) is 5.81. The van der Waals surface area contributed by atoms with Crippen LogP contribution in [-0.4, -0.2) is 41.8 Å². The van der Waals surface area contributed by atoms with Crippen LogP contribution in [0.5, 0.6) is 0 Å². The van der Waals surface area contributed by atoms with Crippen molar-refractivity contribution in [2.24, 2.45) is 5.92 Å². The van der Waals surface area contributed by atoms with Crippen LogP contribution in [0.3, 0.4) is 0 Å². The summed E-state index contributed by atoms with van der Waals surface area (Å²) < 4.78 is 0. The number of likely N-dealkylation sites (N-methyl/N-ethyl adjacent to an activating group) is 1. The van der Waals surface area contributed by atoms with E-state index in [4.69, 9.17) is 0 Å². The molecule has 3 nitrogen and oxygen atoms in total. The monoisotopic (exact) mass is 278 g/mol. The summed E-state index contributed by atoms with van der Waals surface area (Å²) in [7, 11) is 4.03. The van der Waals surface area contributed by atoms with E-state index in [0.29, 0.717) is 12.5 Å². The molecule has 0 aromatic heterocycles. The lowest BCUT2D eigenvalue weighted by Crippen LogP contribution is -2.49. The number of alkyl halides is 1. The topological polar surface area (TPSA) is 32.3 Å². The Bertz CT molecular complexity index is 215. The molecule has 0 bridgehead atoms. The molecule has 0 aliphatic carbocycles. The largest absolute Gasteiger partial charge is 0.353 e. The summed E-state index contributed by atoms with van der Waals surface area (Å²) in [4.78, 5) is 13.7. The number of carbonyl (C=O) groups excluding carboxylic acids is 1. The van der Waals surface area contributed by atoms with Gasteiger partial charge in [0.25, 0.3) is 0 Å². The maximum Gasteiger partial charge on any atom is 0.234 e. The first-order valence-electron chi connectivity index (χ1n) is 5.27. The van der Waals surface area contributed by atoms with E-state index in [-0.39, 0.29) is 16.3 Å². The highest BCUT2D eigenvalue weighted by Gasteiger charge is 2.24. The molecule has 1 atom stereocenters. The summed E-state index contributed by atoms with van der Waals surface area (Å²) in [6.45, 7) is 8.91. The van der Waals surface area contributed by atoms with E-state index in [0.717, 1.165) is 0 Å². The number of amides is 1. The van der Waals surface area contributed by atoms with Gasteiger partial charge in [0, 0.05) is 12.1 Å². The number of nitrogens with one attached hydrogen (secondary N) is 1. The van der Waals surface area contributed by atoms with Gasteiger partial charge in [-0.25, -0.2) is 0 Å². The van der Waals surface area contributed by atoms with Crippen molar-refractivity contribution in [3.63, 3.8) is 0 Å². The minimum atomic E-state index is -0.101. The molecule has 0 aromatic rings. The number of halogens is 1. The van der Waals surface area contributed by atoms with Crippen molar-refractivity contribution in [2.75, 3.05) is 20.6 Å². The number of nitrogens with zero attached hydrogens (tertiary/aromatic N) is 1. The quantitative estimate of drug-likeness (QED) is 0.779.